The first-order valence-electron chi connectivity index (χ1n) is 4.91. The van der Waals surface area contributed by atoms with Gasteiger partial charge in [-0.3, -0.25) is 0 Å². The topological polar surface area (TPSA) is 69.1 Å². The summed E-state index contributed by atoms with van der Waals surface area (Å²) in [4.78, 5) is 0.812. The number of rotatable bonds is 2. The van der Waals surface area contributed by atoms with Gasteiger partial charge in [0.25, 0.3) is 0 Å². The average Bonchev–Trinajstić information content (AvgIpc) is 2.56. The highest BCUT2D eigenvalue weighted by molar-refractivity contribution is 7.16. The highest BCUT2D eigenvalue weighted by Gasteiger charge is 2.22. The van der Waals surface area contributed by atoms with Gasteiger partial charge in [0.05, 0.1) is 5.54 Å². The second-order valence-electron chi connectivity index (χ2n) is 4.54. The number of nitrogens with two attached hydrogens (primary N) is 1. The van der Waals surface area contributed by atoms with Gasteiger partial charge in [-0.25, -0.2) is 0 Å². The summed E-state index contributed by atoms with van der Waals surface area (Å²) in [7, 11) is 0. The maximum Gasteiger partial charge on any atom is 0.234 e. The molecule has 0 unspecified atom stereocenters. The number of hydrogen-bond donors (Lipinski definition) is 1. The van der Waals surface area contributed by atoms with Crippen LogP contribution >= 0.6 is 11.3 Å². The molecule has 2 heterocycles. The molecule has 0 bridgehead atoms. The van der Waals surface area contributed by atoms with Crippen molar-refractivity contribution in [3.8, 4) is 0 Å². The second-order valence-corrected chi connectivity index (χ2v) is 5.49. The lowest BCUT2D eigenvalue weighted by atomic mass is 10.1. The van der Waals surface area contributed by atoms with Gasteiger partial charge in [-0.15, -0.1) is 10.2 Å². The molecule has 5 nitrogen and oxygen atoms in total. The largest absolute Gasteiger partial charge is 0.320 e. The Morgan fingerprint density at radius 1 is 1.33 bits per heavy atom. The van der Waals surface area contributed by atoms with Crippen LogP contribution in [0.25, 0.3) is 4.96 Å². The Hall–Kier alpha value is -1.01. The molecule has 2 aromatic rings. The van der Waals surface area contributed by atoms with Crippen LogP contribution in [0.5, 0.6) is 0 Å². The maximum atomic E-state index is 5.99. The van der Waals surface area contributed by atoms with Crippen molar-refractivity contribution in [2.24, 2.45) is 5.73 Å². The number of fused-ring (bicyclic) bond motifs is 1. The Morgan fingerprint density at radius 2 is 2.00 bits per heavy atom. The third-order valence-electron chi connectivity index (χ3n) is 2.08. The molecule has 0 aliphatic carbocycles. The summed E-state index contributed by atoms with van der Waals surface area (Å²) in [6.45, 7) is 8.02. The zero-order valence-electron chi connectivity index (χ0n) is 9.35. The van der Waals surface area contributed by atoms with Crippen LogP contribution in [-0.4, -0.2) is 19.8 Å². The van der Waals surface area contributed by atoms with Gasteiger partial charge in [0.1, 0.15) is 5.01 Å². The maximum absolute atomic E-state index is 5.99. The molecule has 0 aromatic carbocycles. The predicted molar refractivity (Wildman–Crippen MR) is 60.0 cm³/mol. The molecule has 0 atom stereocenters. The van der Waals surface area contributed by atoms with Crippen LogP contribution in [0, 0.1) is 0 Å². The van der Waals surface area contributed by atoms with Crippen molar-refractivity contribution in [2.75, 3.05) is 0 Å². The van der Waals surface area contributed by atoms with E-state index in [-0.39, 0.29) is 0 Å². The van der Waals surface area contributed by atoms with Gasteiger partial charge >= 0.3 is 0 Å². The SMILES string of the molecule is CC(C)c1nnc2sc(C(C)(C)N)nn12. The summed E-state index contributed by atoms with van der Waals surface area (Å²) >= 11 is 1.50. The van der Waals surface area contributed by atoms with Gasteiger partial charge in [-0.1, -0.05) is 25.2 Å². The van der Waals surface area contributed by atoms with Crippen molar-refractivity contribution >= 4 is 16.3 Å². The van der Waals surface area contributed by atoms with Crippen LogP contribution in [-0.2, 0) is 5.54 Å². The van der Waals surface area contributed by atoms with Crippen LogP contribution in [0.15, 0.2) is 0 Å². The van der Waals surface area contributed by atoms with E-state index in [0.717, 1.165) is 15.8 Å². The Kier molecular flexibility index (Phi) is 2.27. The van der Waals surface area contributed by atoms with Crippen molar-refractivity contribution in [3.63, 3.8) is 0 Å². The first kappa shape index (κ1) is 10.5. The Bertz CT molecular complexity index is 476. The molecule has 0 saturated carbocycles. The van der Waals surface area contributed by atoms with Gasteiger partial charge < -0.3 is 5.73 Å². The zero-order chi connectivity index (χ0) is 11.2. The van der Waals surface area contributed by atoms with Crippen LogP contribution in [0.1, 0.15) is 44.4 Å². The summed E-state index contributed by atoms with van der Waals surface area (Å²) in [5, 5.41) is 13.5. The number of hydrogen-bond acceptors (Lipinski definition) is 5. The lowest BCUT2D eigenvalue weighted by Gasteiger charge is -2.13. The summed E-state index contributed by atoms with van der Waals surface area (Å²) < 4.78 is 1.79. The molecule has 0 amide bonds. The molecular weight excluding hydrogens is 210 g/mol. The Balaban J connectivity index is 2.57. The molecule has 0 spiro atoms. The van der Waals surface area contributed by atoms with Crippen LogP contribution in [0.4, 0.5) is 0 Å². The molecule has 0 aliphatic heterocycles. The van der Waals surface area contributed by atoms with Gasteiger partial charge in [-0.05, 0) is 13.8 Å². The summed E-state index contributed by atoms with van der Waals surface area (Å²) in [6, 6.07) is 0. The van der Waals surface area contributed by atoms with E-state index in [4.69, 9.17) is 5.73 Å². The molecule has 0 saturated heterocycles. The Morgan fingerprint density at radius 3 is 2.53 bits per heavy atom. The van der Waals surface area contributed by atoms with Crippen molar-refractivity contribution in [1.29, 1.82) is 0 Å². The average molecular weight is 225 g/mol. The third-order valence-corrected chi connectivity index (χ3v) is 3.32. The summed E-state index contributed by atoms with van der Waals surface area (Å²) in [5.41, 5.74) is 5.58. The third kappa shape index (κ3) is 1.74. The molecular formula is C9H15N5S. The van der Waals surface area contributed by atoms with Gasteiger partial charge in [0.2, 0.25) is 4.96 Å². The fourth-order valence-corrected chi connectivity index (χ4v) is 2.11. The summed E-state index contributed by atoms with van der Waals surface area (Å²) in [6.07, 6.45) is 0. The van der Waals surface area contributed by atoms with E-state index in [1.165, 1.54) is 11.3 Å². The smallest absolute Gasteiger partial charge is 0.234 e. The summed E-state index contributed by atoms with van der Waals surface area (Å²) in [5.74, 6) is 1.20. The molecule has 2 aromatic heterocycles. The highest BCUT2D eigenvalue weighted by atomic mass is 32.1. The van der Waals surface area contributed by atoms with Crippen LogP contribution in [0.3, 0.4) is 0 Å². The molecule has 15 heavy (non-hydrogen) atoms. The number of aromatic nitrogens is 4. The van der Waals surface area contributed by atoms with E-state index in [2.05, 4.69) is 29.1 Å². The molecule has 0 radical (unpaired) electrons. The zero-order valence-corrected chi connectivity index (χ0v) is 10.2. The van der Waals surface area contributed by atoms with Crippen LogP contribution in [0.2, 0.25) is 0 Å². The minimum absolute atomic E-state index is 0.316. The van der Waals surface area contributed by atoms with Crippen molar-refractivity contribution in [1.82, 2.24) is 19.8 Å². The highest BCUT2D eigenvalue weighted by Crippen LogP contribution is 2.24. The van der Waals surface area contributed by atoms with Crippen molar-refractivity contribution in [2.45, 2.75) is 39.2 Å². The molecule has 6 heteroatoms. The monoisotopic (exact) mass is 225 g/mol. The minimum Gasteiger partial charge on any atom is -0.320 e. The van der Waals surface area contributed by atoms with Crippen LogP contribution < -0.4 is 5.73 Å². The fraction of sp³-hybridized carbons (Fsp3) is 0.667. The minimum atomic E-state index is -0.417. The van der Waals surface area contributed by atoms with Gasteiger partial charge in [0, 0.05) is 5.92 Å². The first-order chi connectivity index (χ1) is 6.89. The second kappa shape index (κ2) is 3.24. The van der Waals surface area contributed by atoms with E-state index < -0.39 is 5.54 Å². The molecule has 2 rings (SSSR count). The molecule has 0 aliphatic rings. The van der Waals surface area contributed by atoms with E-state index >= 15 is 0 Å². The van der Waals surface area contributed by atoms with Crippen molar-refractivity contribution in [3.05, 3.63) is 10.8 Å². The molecule has 2 N–H and O–H groups in total. The fourth-order valence-electron chi connectivity index (χ4n) is 1.25. The van der Waals surface area contributed by atoms with Gasteiger partial charge in [-0.2, -0.15) is 9.61 Å². The van der Waals surface area contributed by atoms with E-state index in [9.17, 15) is 0 Å². The normalized spacial score (nSPS) is 12.9. The quantitative estimate of drug-likeness (QED) is 0.841. The van der Waals surface area contributed by atoms with Crippen molar-refractivity contribution < 1.29 is 0 Å². The standard InChI is InChI=1S/C9H15N5S/c1-5(2)6-11-12-8-14(6)13-7(15-8)9(3,4)10/h5H,10H2,1-4H3. The Labute approximate surface area is 92.3 Å². The predicted octanol–water partition coefficient (Wildman–Crippen LogP) is 1.50. The first-order valence-corrected chi connectivity index (χ1v) is 5.72. The van der Waals surface area contributed by atoms with E-state index in [0.29, 0.717) is 5.92 Å². The van der Waals surface area contributed by atoms with E-state index in [1.54, 1.807) is 4.52 Å². The molecule has 0 fully saturated rings. The van der Waals surface area contributed by atoms with Gasteiger partial charge in [0.15, 0.2) is 5.82 Å². The number of nitrogens with zero attached hydrogens (tertiary/aromatic N) is 4. The lowest BCUT2D eigenvalue weighted by Crippen LogP contribution is -2.28. The lowest BCUT2D eigenvalue weighted by molar-refractivity contribution is 0.537. The van der Waals surface area contributed by atoms with E-state index in [1.807, 2.05) is 13.8 Å². The molecule has 82 valence electrons.